The van der Waals surface area contributed by atoms with E-state index in [1.165, 1.54) is 45.3 Å². The van der Waals surface area contributed by atoms with Crippen LogP contribution in [0.15, 0.2) is 144 Å². The van der Waals surface area contributed by atoms with Gasteiger partial charge in [-0.3, -0.25) is 18.2 Å². The van der Waals surface area contributed by atoms with Gasteiger partial charge in [0.1, 0.15) is 0 Å². The third-order valence-electron chi connectivity index (χ3n) is 7.67. The molecule has 5 rings (SSSR count). The van der Waals surface area contributed by atoms with Crippen molar-refractivity contribution < 1.29 is 26.4 Å². The van der Waals surface area contributed by atoms with Crippen molar-refractivity contribution in [1.29, 1.82) is 0 Å². The van der Waals surface area contributed by atoms with E-state index in [2.05, 4.69) is 21.1 Å². The Morgan fingerprint density at radius 2 is 0.846 bits per heavy atom. The largest absolute Gasteiger partial charge is 0.271 e. The number of nitrogens with one attached hydrogen (secondary N) is 2. The second-order valence-corrected chi connectivity index (χ2v) is 15.5. The zero-order valence-corrected chi connectivity index (χ0v) is 30.0. The lowest BCUT2D eigenvalue weighted by Crippen LogP contribution is -2.29. The molecular weight excluding hydrogens is 701 g/mol. The van der Waals surface area contributed by atoms with Crippen LogP contribution >= 0.6 is 0 Å². The summed E-state index contributed by atoms with van der Waals surface area (Å²) in [6.07, 6.45) is 5.21. The lowest BCUT2D eigenvalue weighted by Gasteiger charge is -2.22. The van der Waals surface area contributed by atoms with Gasteiger partial charge in [0.15, 0.2) is 0 Å². The number of hydrogen-bond acceptors (Lipinski definition) is 8. The first-order valence-corrected chi connectivity index (χ1v) is 19.6. The number of anilines is 2. The highest BCUT2D eigenvalue weighted by Gasteiger charge is 2.20. The fraction of sp³-hybridized carbons (Fsp3) is 0.105. The number of amides is 2. The fourth-order valence-electron chi connectivity index (χ4n) is 4.98. The third-order valence-corrected chi connectivity index (χ3v) is 9.95. The summed E-state index contributed by atoms with van der Waals surface area (Å²) in [4.78, 5) is 25.3. The van der Waals surface area contributed by atoms with E-state index in [1.807, 2.05) is 60.7 Å². The standard InChI is InChI=1S/C38H36N6O6S2/c1-51(47,48)43(27-31-9-5-3-6-10-31)35-21-17-33(18-22-35)37(45)41-39-25-29-13-15-30(16-14-29)26-40-42-38(46)34-19-23-36(24-20-34)44(52(2,49)50)28-32-11-7-4-8-12-32/h3-26H,27-28H2,1-2H3,(H,41,45)(H,42,46)/b39-25-,40-26-. The Morgan fingerprint density at radius 1 is 0.519 bits per heavy atom. The lowest BCUT2D eigenvalue weighted by atomic mass is 10.1. The van der Waals surface area contributed by atoms with E-state index in [1.54, 1.807) is 48.5 Å². The number of carbonyl (C=O) groups is 2. The van der Waals surface area contributed by atoms with E-state index < -0.39 is 31.9 Å². The highest BCUT2D eigenvalue weighted by atomic mass is 32.2. The lowest BCUT2D eigenvalue weighted by molar-refractivity contribution is 0.0947. The van der Waals surface area contributed by atoms with Gasteiger partial charge in [-0.05, 0) is 70.8 Å². The molecule has 0 unspecified atom stereocenters. The minimum absolute atomic E-state index is 0.162. The number of hydrogen-bond donors (Lipinski definition) is 2. The van der Waals surface area contributed by atoms with Crippen LogP contribution in [-0.4, -0.2) is 53.6 Å². The van der Waals surface area contributed by atoms with E-state index in [4.69, 9.17) is 0 Å². The molecule has 14 heteroatoms. The number of sulfonamides is 2. The first-order valence-electron chi connectivity index (χ1n) is 15.9. The van der Waals surface area contributed by atoms with Crippen LogP contribution in [0.3, 0.4) is 0 Å². The summed E-state index contributed by atoms with van der Waals surface area (Å²) in [5, 5.41) is 8.02. The predicted octanol–water partition coefficient (Wildman–Crippen LogP) is 5.15. The molecule has 0 fully saturated rings. The number of benzene rings is 5. The third kappa shape index (κ3) is 10.4. The average molecular weight is 737 g/mol. The van der Waals surface area contributed by atoms with Crippen molar-refractivity contribution in [1.82, 2.24) is 10.9 Å². The normalized spacial score (nSPS) is 11.7. The second kappa shape index (κ2) is 16.7. The van der Waals surface area contributed by atoms with Crippen molar-refractivity contribution in [2.24, 2.45) is 10.2 Å². The maximum atomic E-state index is 12.7. The van der Waals surface area contributed by atoms with Crippen LogP contribution in [0.5, 0.6) is 0 Å². The fourth-order valence-corrected chi connectivity index (χ4v) is 6.76. The molecule has 0 atom stereocenters. The van der Waals surface area contributed by atoms with Gasteiger partial charge >= 0.3 is 0 Å². The summed E-state index contributed by atoms with van der Waals surface area (Å²) < 4.78 is 52.4. The quantitative estimate of drug-likeness (QED) is 0.119. The molecule has 0 saturated heterocycles. The number of carbonyl (C=O) groups excluding carboxylic acids is 2. The van der Waals surface area contributed by atoms with Crippen molar-refractivity contribution in [2.75, 3.05) is 21.1 Å². The highest BCUT2D eigenvalue weighted by molar-refractivity contribution is 7.92. The van der Waals surface area contributed by atoms with Gasteiger partial charge in [0.25, 0.3) is 11.8 Å². The Bertz CT molecular complexity index is 2100. The van der Waals surface area contributed by atoms with Gasteiger partial charge in [-0.2, -0.15) is 10.2 Å². The summed E-state index contributed by atoms with van der Waals surface area (Å²) in [5.74, 6) is -0.934. The first kappa shape index (κ1) is 37.1. The van der Waals surface area contributed by atoms with Crippen molar-refractivity contribution in [3.8, 4) is 0 Å². The van der Waals surface area contributed by atoms with Gasteiger partial charge in [-0.1, -0.05) is 84.9 Å². The van der Waals surface area contributed by atoms with Crippen LogP contribution in [-0.2, 0) is 33.1 Å². The van der Waals surface area contributed by atoms with Crippen molar-refractivity contribution in [3.05, 3.63) is 167 Å². The average Bonchev–Trinajstić information content (AvgIpc) is 3.13. The summed E-state index contributed by atoms with van der Waals surface area (Å²) >= 11 is 0. The van der Waals surface area contributed by atoms with E-state index in [-0.39, 0.29) is 13.1 Å². The van der Waals surface area contributed by atoms with Crippen LogP contribution < -0.4 is 19.5 Å². The molecule has 0 bridgehead atoms. The molecule has 0 radical (unpaired) electrons. The molecule has 0 aliphatic carbocycles. The van der Waals surface area contributed by atoms with Crippen LogP contribution in [0.1, 0.15) is 43.0 Å². The Hall–Kier alpha value is -6.12. The van der Waals surface area contributed by atoms with E-state index >= 15 is 0 Å². The molecule has 52 heavy (non-hydrogen) atoms. The van der Waals surface area contributed by atoms with Gasteiger partial charge in [-0.15, -0.1) is 0 Å². The molecule has 0 heterocycles. The zero-order chi connectivity index (χ0) is 37.1. The van der Waals surface area contributed by atoms with Gasteiger partial charge in [-0.25, -0.2) is 27.7 Å². The minimum Gasteiger partial charge on any atom is -0.267 e. The molecule has 12 nitrogen and oxygen atoms in total. The molecule has 5 aromatic rings. The van der Waals surface area contributed by atoms with Crippen molar-refractivity contribution in [3.63, 3.8) is 0 Å². The predicted molar refractivity (Wildman–Crippen MR) is 204 cm³/mol. The van der Waals surface area contributed by atoms with Crippen LogP contribution in [0, 0.1) is 0 Å². The molecular formula is C38H36N6O6S2. The Morgan fingerprint density at radius 3 is 1.15 bits per heavy atom. The van der Waals surface area contributed by atoms with Gasteiger partial charge < -0.3 is 0 Å². The maximum absolute atomic E-state index is 12.7. The molecule has 0 saturated carbocycles. The summed E-state index contributed by atoms with van der Waals surface area (Å²) in [6, 6.07) is 37.9. The molecule has 2 N–H and O–H groups in total. The van der Waals surface area contributed by atoms with Gasteiger partial charge in [0, 0.05) is 11.1 Å². The van der Waals surface area contributed by atoms with Gasteiger partial charge in [0.2, 0.25) is 20.0 Å². The minimum atomic E-state index is -3.57. The van der Waals surface area contributed by atoms with E-state index in [9.17, 15) is 26.4 Å². The summed E-state index contributed by atoms with van der Waals surface area (Å²) in [5.41, 5.74) is 9.44. The molecule has 0 spiro atoms. The monoisotopic (exact) mass is 736 g/mol. The Kier molecular flexibility index (Phi) is 11.9. The number of hydrazone groups is 2. The SMILES string of the molecule is CS(=O)(=O)N(Cc1ccccc1)c1ccc(C(=O)N/N=C\c2ccc(/C=N\NC(=O)c3ccc(N(Cc4ccccc4)S(C)(=O)=O)cc3)cc2)cc1. The maximum Gasteiger partial charge on any atom is 0.271 e. The molecule has 2 amide bonds. The van der Waals surface area contributed by atoms with Crippen LogP contribution in [0.25, 0.3) is 0 Å². The van der Waals surface area contributed by atoms with Gasteiger partial charge in [0.05, 0.1) is 49.4 Å². The Labute approximate surface area is 303 Å². The van der Waals surface area contributed by atoms with E-state index in [0.29, 0.717) is 33.6 Å². The summed E-state index contributed by atoms with van der Waals surface area (Å²) in [7, 11) is -7.14. The number of nitrogens with zero attached hydrogens (tertiary/aromatic N) is 4. The number of rotatable bonds is 14. The smallest absolute Gasteiger partial charge is 0.267 e. The molecule has 0 aromatic heterocycles. The first-order chi connectivity index (χ1) is 24.9. The topological polar surface area (TPSA) is 158 Å². The Balaban J connectivity index is 1.12. The molecule has 5 aromatic carbocycles. The zero-order valence-electron chi connectivity index (χ0n) is 28.3. The highest BCUT2D eigenvalue weighted by Crippen LogP contribution is 2.23. The van der Waals surface area contributed by atoms with Crippen LogP contribution in [0.2, 0.25) is 0 Å². The molecule has 266 valence electrons. The van der Waals surface area contributed by atoms with Crippen LogP contribution in [0.4, 0.5) is 11.4 Å². The van der Waals surface area contributed by atoms with E-state index in [0.717, 1.165) is 23.6 Å². The molecule has 0 aliphatic heterocycles. The summed E-state index contributed by atoms with van der Waals surface area (Å²) in [6.45, 7) is 0.323. The van der Waals surface area contributed by atoms with Crippen molar-refractivity contribution >= 4 is 55.7 Å². The molecule has 0 aliphatic rings. The second-order valence-electron chi connectivity index (χ2n) is 11.7. The van der Waals surface area contributed by atoms with Crippen molar-refractivity contribution in [2.45, 2.75) is 13.1 Å².